The SMILES string of the molecule is CCCC(C)CC(C)(C)C1CCC1CCC(C)C(C)(CC)CCC. The maximum Gasteiger partial charge on any atom is -0.0303 e. The summed E-state index contributed by atoms with van der Waals surface area (Å²) in [6.07, 6.45) is 14.2. The lowest BCUT2D eigenvalue weighted by molar-refractivity contribution is 0.0126. The largest absolute Gasteiger partial charge is 0.0654 e. The van der Waals surface area contributed by atoms with Crippen LogP contribution in [0.15, 0.2) is 0 Å². The van der Waals surface area contributed by atoms with Crippen LogP contribution in [0.3, 0.4) is 0 Å². The van der Waals surface area contributed by atoms with Crippen LogP contribution >= 0.6 is 0 Å². The first-order valence-corrected chi connectivity index (χ1v) is 11.2. The molecule has 5 unspecified atom stereocenters. The summed E-state index contributed by atoms with van der Waals surface area (Å²) in [6.45, 7) is 19.7. The Labute approximate surface area is 154 Å². The first-order valence-electron chi connectivity index (χ1n) is 11.2. The molecule has 0 nitrogen and oxygen atoms in total. The fraction of sp³-hybridized carbons (Fsp3) is 1.00. The smallest absolute Gasteiger partial charge is 0.0303 e. The van der Waals surface area contributed by atoms with Crippen LogP contribution in [0.25, 0.3) is 0 Å². The highest BCUT2D eigenvalue weighted by Crippen LogP contribution is 2.52. The molecule has 0 aromatic carbocycles. The molecule has 0 saturated heterocycles. The minimum absolute atomic E-state index is 0.554. The van der Waals surface area contributed by atoms with Crippen molar-refractivity contribution in [3.8, 4) is 0 Å². The molecule has 0 amide bonds. The summed E-state index contributed by atoms with van der Waals surface area (Å²) in [6, 6.07) is 0. The van der Waals surface area contributed by atoms with E-state index in [4.69, 9.17) is 0 Å². The lowest BCUT2D eigenvalue weighted by Gasteiger charge is -2.49. The third-order valence-corrected chi connectivity index (χ3v) is 7.87. The summed E-state index contributed by atoms with van der Waals surface area (Å²) < 4.78 is 0. The third-order valence-electron chi connectivity index (χ3n) is 7.87. The average Bonchev–Trinajstić information content (AvgIpc) is 2.45. The number of rotatable bonds is 12. The minimum atomic E-state index is 0.554. The van der Waals surface area contributed by atoms with E-state index < -0.39 is 0 Å². The second kappa shape index (κ2) is 9.63. The zero-order valence-electron chi connectivity index (χ0n) is 18.4. The molecule has 1 rings (SSSR count). The monoisotopic (exact) mass is 336 g/mol. The summed E-state index contributed by atoms with van der Waals surface area (Å²) in [4.78, 5) is 0. The van der Waals surface area contributed by atoms with Crippen LogP contribution < -0.4 is 0 Å². The molecule has 0 heteroatoms. The zero-order valence-corrected chi connectivity index (χ0v) is 18.4. The van der Waals surface area contributed by atoms with Crippen LogP contribution in [0.1, 0.15) is 120 Å². The van der Waals surface area contributed by atoms with E-state index in [-0.39, 0.29) is 0 Å². The van der Waals surface area contributed by atoms with Gasteiger partial charge in [0.05, 0.1) is 0 Å². The quantitative estimate of drug-likeness (QED) is 0.335. The number of hydrogen-bond acceptors (Lipinski definition) is 0. The molecular weight excluding hydrogens is 288 g/mol. The summed E-state index contributed by atoms with van der Waals surface area (Å²) in [5.74, 6) is 3.78. The highest BCUT2D eigenvalue weighted by molar-refractivity contribution is 4.92. The van der Waals surface area contributed by atoms with Crippen molar-refractivity contribution in [3.63, 3.8) is 0 Å². The molecule has 0 bridgehead atoms. The molecule has 0 aromatic heterocycles. The fourth-order valence-electron chi connectivity index (χ4n) is 5.74. The van der Waals surface area contributed by atoms with Crippen molar-refractivity contribution in [3.05, 3.63) is 0 Å². The van der Waals surface area contributed by atoms with Crippen molar-refractivity contribution in [2.75, 3.05) is 0 Å². The Balaban J connectivity index is 2.51. The van der Waals surface area contributed by atoms with Crippen molar-refractivity contribution in [1.82, 2.24) is 0 Å². The molecule has 1 fully saturated rings. The van der Waals surface area contributed by atoms with Crippen LogP contribution in [-0.4, -0.2) is 0 Å². The van der Waals surface area contributed by atoms with Crippen LogP contribution in [0.5, 0.6) is 0 Å². The van der Waals surface area contributed by atoms with E-state index >= 15 is 0 Å². The van der Waals surface area contributed by atoms with Gasteiger partial charge in [-0.1, -0.05) is 81.1 Å². The van der Waals surface area contributed by atoms with Crippen molar-refractivity contribution in [2.45, 2.75) is 120 Å². The van der Waals surface area contributed by atoms with Crippen molar-refractivity contribution >= 4 is 0 Å². The summed E-state index contributed by atoms with van der Waals surface area (Å²) in [5.41, 5.74) is 1.12. The molecule has 0 spiro atoms. The molecule has 5 atom stereocenters. The summed E-state index contributed by atoms with van der Waals surface area (Å²) in [7, 11) is 0. The lowest BCUT2D eigenvalue weighted by Crippen LogP contribution is -2.39. The molecule has 1 aliphatic rings. The molecular formula is C24H48. The Morgan fingerprint density at radius 2 is 1.58 bits per heavy atom. The standard InChI is InChI=1S/C24H48/c1-9-12-19(4)18-23(6,7)22-16-15-21(22)14-13-20(5)24(8,11-3)17-10-2/h19-22H,9-18H2,1-8H3. The van der Waals surface area contributed by atoms with Gasteiger partial charge < -0.3 is 0 Å². The lowest BCUT2D eigenvalue weighted by atomic mass is 9.56. The highest BCUT2D eigenvalue weighted by Gasteiger charge is 2.42. The van der Waals surface area contributed by atoms with Gasteiger partial charge in [-0.25, -0.2) is 0 Å². The average molecular weight is 337 g/mol. The Hall–Kier alpha value is 0. The Morgan fingerprint density at radius 1 is 0.917 bits per heavy atom. The summed E-state index contributed by atoms with van der Waals surface area (Å²) >= 11 is 0. The van der Waals surface area contributed by atoms with E-state index in [1.165, 1.54) is 64.2 Å². The molecule has 0 N–H and O–H groups in total. The number of hydrogen-bond donors (Lipinski definition) is 0. The van der Waals surface area contributed by atoms with E-state index in [0.29, 0.717) is 10.8 Å². The van der Waals surface area contributed by atoms with Crippen LogP contribution in [0, 0.1) is 34.5 Å². The van der Waals surface area contributed by atoms with Gasteiger partial charge in [-0.05, 0) is 73.0 Å². The molecule has 144 valence electrons. The van der Waals surface area contributed by atoms with Crippen LogP contribution in [-0.2, 0) is 0 Å². The van der Waals surface area contributed by atoms with Crippen LogP contribution in [0.4, 0.5) is 0 Å². The molecule has 0 heterocycles. The van der Waals surface area contributed by atoms with Crippen molar-refractivity contribution in [2.24, 2.45) is 34.5 Å². The normalized spacial score (nSPS) is 26.5. The van der Waals surface area contributed by atoms with Crippen molar-refractivity contribution < 1.29 is 0 Å². The van der Waals surface area contributed by atoms with E-state index in [9.17, 15) is 0 Å². The predicted octanol–water partition coefficient (Wildman–Crippen LogP) is 8.50. The second-order valence-corrected chi connectivity index (χ2v) is 10.3. The van der Waals surface area contributed by atoms with E-state index in [1.54, 1.807) is 0 Å². The van der Waals surface area contributed by atoms with E-state index in [0.717, 1.165) is 23.7 Å². The first kappa shape index (κ1) is 22.0. The first-order chi connectivity index (χ1) is 11.2. The highest BCUT2D eigenvalue weighted by atomic mass is 14.5. The molecule has 0 radical (unpaired) electrons. The van der Waals surface area contributed by atoms with Gasteiger partial charge in [-0.3, -0.25) is 0 Å². The van der Waals surface area contributed by atoms with Crippen LogP contribution in [0.2, 0.25) is 0 Å². The van der Waals surface area contributed by atoms with Gasteiger partial charge in [0, 0.05) is 0 Å². The van der Waals surface area contributed by atoms with Crippen molar-refractivity contribution in [1.29, 1.82) is 0 Å². The van der Waals surface area contributed by atoms with E-state index in [2.05, 4.69) is 55.4 Å². The summed E-state index contributed by atoms with van der Waals surface area (Å²) in [5, 5.41) is 0. The van der Waals surface area contributed by atoms with Gasteiger partial charge in [-0.2, -0.15) is 0 Å². The second-order valence-electron chi connectivity index (χ2n) is 10.3. The van der Waals surface area contributed by atoms with Gasteiger partial charge in [0.25, 0.3) is 0 Å². The van der Waals surface area contributed by atoms with E-state index in [1.807, 2.05) is 0 Å². The molecule has 24 heavy (non-hydrogen) atoms. The maximum atomic E-state index is 2.56. The van der Waals surface area contributed by atoms with Gasteiger partial charge >= 0.3 is 0 Å². The topological polar surface area (TPSA) is 0 Å². The Bertz CT molecular complexity index is 342. The Kier molecular flexibility index (Phi) is 8.84. The molecule has 0 aliphatic heterocycles. The van der Waals surface area contributed by atoms with Gasteiger partial charge in [0.1, 0.15) is 0 Å². The predicted molar refractivity (Wildman–Crippen MR) is 110 cm³/mol. The fourth-order valence-corrected chi connectivity index (χ4v) is 5.74. The third kappa shape index (κ3) is 5.77. The molecule has 1 aliphatic carbocycles. The molecule has 1 saturated carbocycles. The van der Waals surface area contributed by atoms with Gasteiger partial charge in [0.2, 0.25) is 0 Å². The maximum absolute atomic E-state index is 2.56. The van der Waals surface area contributed by atoms with Gasteiger partial charge in [-0.15, -0.1) is 0 Å². The molecule has 0 aromatic rings. The minimum Gasteiger partial charge on any atom is -0.0654 e. The Morgan fingerprint density at radius 3 is 2.04 bits per heavy atom. The zero-order chi connectivity index (χ0) is 18.4. The van der Waals surface area contributed by atoms with Gasteiger partial charge in [0.15, 0.2) is 0 Å².